The molecule has 6 nitrogen and oxygen atoms in total. The fourth-order valence-corrected chi connectivity index (χ4v) is 1.28. The molecule has 0 fully saturated rings. The zero-order valence-electron chi connectivity index (χ0n) is 10.4. The van der Waals surface area contributed by atoms with Crippen molar-refractivity contribution in [1.29, 1.82) is 0 Å². The van der Waals surface area contributed by atoms with Gasteiger partial charge < -0.3 is 10.2 Å². The van der Waals surface area contributed by atoms with E-state index in [2.05, 4.69) is 10.3 Å². The van der Waals surface area contributed by atoms with Crippen molar-refractivity contribution in [2.75, 3.05) is 0 Å². The molecule has 1 unspecified atom stereocenters. The summed E-state index contributed by atoms with van der Waals surface area (Å²) in [5.41, 5.74) is -0.218. The molecule has 0 aliphatic heterocycles. The summed E-state index contributed by atoms with van der Waals surface area (Å²) in [4.78, 5) is 10.4. The molecule has 1 heterocycles. The molecule has 0 radical (unpaired) electrons. The van der Waals surface area contributed by atoms with Gasteiger partial charge in [0.05, 0.1) is 24.3 Å². The monoisotopic (exact) mass is 241 g/mol. The van der Waals surface area contributed by atoms with Gasteiger partial charge in [0.1, 0.15) is 0 Å². The lowest BCUT2D eigenvalue weighted by atomic mass is 9.93. The van der Waals surface area contributed by atoms with Gasteiger partial charge in [-0.05, 0) is 12.8 Å². The van der Waals surface area contributed by atoms with E-state index in [-0.39, 0.29) is 12.3 Å². The lowest BCUT2D eigenvalue weighted by molar-refractivity contribution is -0.136. The number of rotatable bonds is 6. The Labute approximate surface area is 100 Å². The summed E-state index contributed by atoms with van der Waals surface area (Å²) >= 11 is 0. The largest absolute Gasteiger partial charge is 0.481 e. The highest BCUT2D eigenvalue weighted by Crippen LogP contribution is 2.18. The number of carbonyl (C=O) groups is 1. The Morgan fingerprint density at radius 1 is 1.59 bits per heavy atom. The molecule has 96 valence electrons. The lowest BCUT2D eigenvalue weighted by Crippen LogP contribution is -2.36. The van der Waals surface area contributed by atoms with Crippen molar-refractivity contribution >= 4 is 5.97 Å². The summed E-state index contributed by atoms with van der Waals surface area (Å²) in [5.74, 6) is -0.747. The molecule has 0 saturated heterocycles. The number of hydrogen-bond donors (Lipinski definition) is 2. The van der Waals surface area contributed by atoms with Crippen molar-refractivity contribution in [1.82, 2.24) is 15.0 Å². The second-order valence-electron chi connectivity index (χ2n) is 4.81. The molecule has 0 aliphatic carbocycles. The number of aliphatic hydroxyl groups is 1. The van der Waals surface area contributed by atoms with Gasteiger partial charge in [-0.25, -0.2) is 4.68 Å². The minimum Gasteiger partial charge on any atom is -0.481 e. The highest BCUT2D eigenvalue weighted by atomic mass is 16.4. The van der Waals surface area contributed by atoms with Crippen LogP contribution in [0.1, 0.15) is 32.9 Å². The standard InChI is InChI=1S/C11H19N3O3/c1-8(2)11(3,17)7-14-6-9(12-13-14)4-5-10(15)16/h6,8,17H,4-5,7H2,1-3H3,(H,15,16). The van der Waals surface area contributed by atoms with Crippen LogP contribution in [0.2, 0.25) is 0 Å². The molecule has 1 atom stereocenters. The van der Waals surface area contributed by atoms with E-state index in [0.717, 1.165) is 0 Å². The van der Waals surface area contributed by atoms with Gasteiger partial charge in [0, 0.05) is 12.6 Å². The van der Waals surface area contributed by atoms with E-state index < -0.39 is 11.6 Å². The zero-order valence-corrected chi connectivity index (χ0v) is 10.4. The Morgan fingerprint density at radius 2 is 2.24 bits per heavy atom. The molecule has 1 aromatic rings. The van der Waals surface area contributed by atoms with Gasteiger partial charge in [-0.3, -0.25) is 4.79 Å². The van der Waals surface area contributed by atoms with E-state index in [0.29, 0.717) is 18.7 Å². The Kier molecular flexibility index (Phi) is 4.22. The van der Waals surface area contributed by atoms with Gasteiger partial charge in [0.2, 0.25) is 0 Å². The van der Waals surface area contributed by atoms with E-state index in [1.165, 1.54) is 0 Å². The first kappa shape index (κ1) is 13.6. The maximum Gasteiger partial charge on any atom is 0.303 e. The van der Waals surface area contributed by atoms with E-state index in [9.17, 15) is 9.90 Å². The summed E-state index contributed by atoms with van der Waals surface area (Å²) < 4.78 is 1.55. The van der Waals surface area contributed by atoms with Gasteiger partial charge in [-0.2, -0.15) is 0 Å². The Morgan fingerprint density at radius 3 is 2.76 bits per heavy atom. The lowest BCUT2D eigenvalue weighted by Gasteiger charge is -2.26. The van der Waals surface area contributed by atoms with Crippen LogP contribution in [0.3, 0.4) is 0 Å². The highest BCUT2D eigenvalue weighted by Gasteiger charge is 2.26. The van der Waals surface area contributed by atoms with Crippen LogP contribution in [0.15, 0.2) is 6.20 Å². The summed E-state index contributed by atoms with van der Waals surface area (Å²) in [7, 11) is 0. The first-order valence-corrected chi connectivity index (χ1v) is 5.64. The molecule has 1 aromatic heterocycles. The van der Waals surface area contributed by atoms with Crippen LogP contribution in [0.5, 0.6) is 0 Å². The normalized spacial score (nSPS) is 14.9. The van der Waals surface area contributed by atoms with Crippen LogP contribution in [0.25, 0.3) is 0 Å². The Bertz CT molecular complexity index is 385. The van der Waals surface area contributed by atoms with Gasteiger partial charge in [0.25, 0.3) is 0 Å². The number of aromatic nitrogens is 3. The molecule has 0 bridgehead atoms. The SMILES string of the molecule is CC(C)C(C)(O)Cn1cc(CCC(=O)O)nn1. The van der Waals surface area contributed by atoms with Crippen LogP contribution in [-0.4, -0.2) is 36.8 Å². The third-order valence-electron chi connectivity index (χ3n) is 2.91. The first-order chi connectivity index (χ1) is 7.81. The second-order valence-corrected chi connectivity index (χ2v) is 4.81. The molecular weight excluding hydrogens is 222 g/mol. The van der Waals surface area contributed by atoms with E-state index in [1.54, 1.807) is 17.8 Å². The van der Waals surface area contributed by atoms with Crippen molar-refractivity contribution in [2.24, 2.45) is 5.92 Å². The van der Waals surface area contributed by atoms with Crippen molar-refractivity contribution in [3.8, 4) is 0 Å². The van der Waals surface area contributed by atoms with E-state index in [4.69, 9.17) is 5.11 Å². The summed E-state index contributed by atoms with van der Waals surface area (Å²) in [6.07, 6.45) is 2.08. The Hall–Kier alpha value is -1.43. The predicted molar refractivity (Wildman–Crippen MR) is 61.4 cm³/mol. The van der Waals surface area contributed by atoms with Crippen LogP contribution >= 0.6 is 0 Å². The zero-order chi connectivity index (χ0) is 13.1. The molecule has 0 amide bonds. The molecule has 0 spiro atoms. The maximum absolute atomic E-state index is 10.4. The maximum atomic E-state index is 10.4. The number of aliphatic carboxylic acids is 1. The molecule has 6 heteroatoms. The molecule has 2 N–H and O–H groups in total. The predicted octanol–water partition coefficient (Wildman–Crippen LogP) is 0.702. The average molecular weight is 241 g/mol. The number of carboxylic acid groups (broad SMARTS) is 1. The summed E-state index contributed by atoms with van der Waals surface area (Å²) in [6, 6.07) is 0. The van der Waals surface area contributed by atoms with Crippen molar-refractivity contribution in [3.63, 3.8) is 0 Å². The first-order valence-electron chi connectivity index (χ1n) is 5.64. The van der Waals surface area contributed by atoms with E-state index >= 15 is 0 Å². The molecule has 17 heavy (non-hydrogen) atoms. The van der Waals surface area contributed by atoms with E-state index in [1.807, 2.05) is 13.8 Å². The van der Waals surface area contributed by atoms with Crippen LogP contribution in [0.4, 0.5) is 0 Å². The Balaban J connectivity index is 2.59. The molecular formula is C11H19N3O3. The number of carboxylic acids is 1. The smallest absolute Gasteiger partial charge is 0.303 e. The number of hydrogen-bond acceptors (Lipinski definition) is 4. The minimum absolute atomic E-state index is 0.0409. The van der Waals surface area contributed by atoms with Crippen molar-refractivity contribution in [3.05, 3.63) is 11.9 Å². The third-order valence-corrected chi connectivity index (χ3v) is 2.91. The third kappa shape index (κ3) is 4.14. The summed E-state index contributed by atoms with van der Waals surface area (Å²) in [6.45, 7) is 5.96. The van der Waals surface area contributed by atoms with Gasteiger partial charge >= 0.3 is 5.97 Å². The van der Waals surface area contributed by atoms with Crippen molar-refractivity contribution < 1.29 is 15.0 Å². The number of nitrogens with zero attached hydrogens (tertiary/aromatic N) is 3. The highest BCUT2D eigenvalue weighted by molar-refractivity contribution is 5.66. The molecule has 0 aliphatic rings. The van der Waals surface area contributed by atoms with Crippen LogP contribution < -0.4 is 0 Å². The molecule has 1 rings (SSSR count). The topological polar surface area (TPSA) is 88.2 Å². The van der Waals surface area contributed by atoms with Crippen LogP contribution in [-0.2, 0) is 17.8 Å². The van der Waals surface area contributed by atoms with Crippen LogP contribution in [0, 0.1) is 5.92 Å². The molecule has 0 saturated carbocycles. The fourth-order valence-electron chi connectivity index (χ4n) is 1.28. The minimum atomic E-state index is -0.853. The van der Waals surface area contributed by atoms with Gasteiger partial charge in [0.15, 0.2) is 0 Å². The second kappa shape index (κ2) is 5.27. The fraction of sp³-hybridized carbons (Fsp3) is 0.727. The quantitative estimate of drug-likeness (QED) is 0.765. The average Bonchev–Trinajstić information content (AvgIpc) is 2.61. The van der Waals surface area contributed by atoms with Gasteiger partial charge in [-0.15, -0.1) is 5.10 Å². The summed E-state index contributed by atoms with van der Waals surface area (Å²) in [5, 5.41) is 26.4. The van der Waals surface area contributed by atoms with Crippen molar-refractivity contribution in [2.45, 2.75) is 45.8 Å². The molecule has 0 aromatic carbocycles. The van der Waals surface area contributed by atoms with Gasteiger partial charge in [-0.1, -0.05) is 19.1 Å². The number of aryl methyl sites for hydroxylation is 1.